The van der Waals surface area contributed by atoms with Crippen LogP contribution in [0.1, 0.15) is 18.4 Å². The van der Waals surface area contributed by atoms with E-state index in [-0.39, 0.29) is 24.2 Å². The fourth-order valence-corrected chi connectivity index (χ4v) is 2.89. The van der Waals surface area contributed by atoms with E-state index in [1.807, 2.05) is 0 Å². The predicted molar refractivity (Wildman–Crippen MR) is 96.5 cm³/mol. The van der Waals surface area contributed by atoms with E-state index in [1.165, 1.54) is 19.2 Å². The Labute approximate surface area is 155 Å². The van der Waals surface area contributed by atoms with Crippen molar-refractivity contribution in [3.8, 4) is 5.75 Å². The van der Waals surface area contributed by atoms with Gasteiger partial charge in [-0.1, -0.05) is 23.7 Å². The first-order valence-corrected chi connectivity index (χ1v) is 8.50. The van der Waals surface area contributed by atoms with Gasteiger partial charge in [0.25, 0.3) is 0 Å². The number of carbonyl (C=O) groups is 2. The largest absolute Gasteiger partial charge is 0.495 e. The van der Waals surface area contributed by atoms with Crippen molar-refractivity contribution in [2.45, 2.75) is 19.4 Å². The summed E-state index contributed by atoms with van der Waals surface area (Å²) in [5.41, 5.74) is 0.197. The summed E-state index contributed by atoms with van der Waals surface area (Å²) in [7, 11) is 1.50. The summed E-state index contributed by atoms with van der Waals surface area (Å²) in [5.74, 6) is -0.534. The van der Waals surface area contributed by atoms with Crippen molar-refractivity contribution in [3.63, 3.8) is 0 Å². The van der Waals surface area contributed by atoms with Gasteiger partial charge in [-0.3, -0.25) is 9.59 Å². The van der Waals surface area contributed by atoms with Crippen molar-refractivity contribution in [1.29, 1.82) is 0 Å². The molecule has 1 aliphatic carbocycles. The average molecular weight is 377 g/mol. The molecule has 2 aromatic rings. The molecule has 2 aromatic carbocycles. The molecule has 0 radical (unpaired) electrons. The second kappa shape index (κ2) is 7.33. The quantitative estimate of drug-likeness (QED) is 0.758. The van der Waals surface area contributed by atoms with Crippen molar-refractivity contribution < 1.29 is 18.7 Å². The van der Waals surface area contributed by atoms with Crippen LogP contribution in [0.3, 0.4) is 0 Å². The van der Waals surface area contributed by atoms with Crippen LogP contribution in [-0.4, -0.2) is 18.9 Å². The molecule has 0 aliphatic heterocycles. The lowest BCUT2D eigenvalue weighted by molar-refractivity contribution is -0.134. The van der Waals surface area contributed by atoms with Gasteiger partial charge in [-0.25, -0.2) is 4.39 Å². The smallest absolute Gasteiger partial charge is 0.240 e. The minimum absolute atomic E-state index is 0.239. The van der Waals surface area contributed by atoms with E-state index in [9.17, 15) is 14.0 Å². The number of carbonyl (C=O) groups excluding carboxylic acids is 2. The molecular formula is C19H18ClFN2O3. The van der Waals surface area contributed by atoms with Crippen molar-refractivity contribution >= 4 is 29.1 Å². The van der Waals surface area contributed by atoms with E-state index in [2.05, 4.69) is 10.6 Å². The Morgan fingerprint density at radius 2 is 1.85 bits per heavy atom. The van der Waals surface area contributed by atoms with E-state index in [1.54, 1.807) is 30.3 Å². The predicted octanol–water partition coefficient (Wildman–Crippen LogP) is 3.52. The van der Waals surface area contributed by atoms with E-state index in [0.29, 0.717) is 29.3 Å². The average Bonchev–Trinajstić information content (AvgIpc) is 3.43. The van der Waals surface area contributed by atoms with Gasteiger partial charge in [-0.15, -0.1) is 0 Å². The maximum absolute atomic E-state index is 12.9. The van der Waals surface area contributed by atoms with Crippen LogP contribution < -0.4 is 15.4 Å². The first kappa shape index (κ1) is 18.2. The van der Waals surface area contributed by atoms with Crippen LogP contribution in [0.4, 0.5) is 10.1 Å². The van der Waals surface area contributed by atoms with Crippen molar-refractivity contribution in [2.24, 2.45) is 5.41 Å². The van der Waals surface area contributed by atoms with Gasteiger partial charge in [-0.2, -0.15) is 0 Å². The van der Waals surface area contributed by atoms with Gasteiger partial charge in [0.15, 0.2) is 0 Å². The lowest BCUT2D eigenvalue weighted by Crippen LogP contribution is -2.39. The van der Waals surface area contributed by atoms with Gasteiger partial charge in [0.1, 0.15) is 17.0 Å². The first-order chi connectivity index (χ1) is 12.4. The molecule has 2 amide bonds. The van der Waals surface area contributed by atoms with E-state index >= 15 is 0 Å². The highest BCUT2D eigenvalue weighted by Gasteiger charge is 2.56. The Balaban J connectivity index is 1.62. The zero-order chi connectivity index (χ0) is 18.7. The minimum Gasteiger partial charge on any atom is -0.495 e. The number of halogens is 2. The molecule has 0 aromatic heterocycles. The maximum atomic E-state index is 12.9. The third-order valence-corrected chi connectivity index (χ3v) is 4.69. The Kier molecular flexibility index (Phi) is 5.13. The molecule has 1 aliphatic rings. The maximum Gasteiger partial charge on any atom is 0.240 e. The fourth-order valence-electron chi connectivity index (χ4n) is 2.63. The molecule has 0 unspecified atom stereocenters. The zero-order valence-corrected chi connectivity index (χ0v) is 14.9. The Bertz CT molecular complexity index is 835. The highest BCUT2D eigenvalue weighted by atomic mass is 35.5. The molecule has 0 saturated heterocycles. The summed E-state index contributed by atoms with van der Waals surface area (Å²) in [4.78, 5) is 25.0. The molecule has 2 N–H and O–H groups in total. The molecule has 0 heterocycles. The SMILES string of the molecule is COc1ccc(NC(=O)C2(C(=O)NCc3ccc(F)cc3)CC2)cc1Cl. The number of methoxy groups -OCH3 is 1. The molecular weight excluding hydrogens is 359 g/mol. The number of amides is 2. The molecule has 3 rings (SSSR count). The van der Waals surface area contributed by atoms with Gasteiger partial charge >= 0.3 is 0 Å². The van der Waals surface area contributed by atoms with Gasteiger partial charge in [0.05, 0.1) is 12.1 Å². The molecule has 0 spiro atoms. The lowest BCUT2D eigenvalue weighted by atomic mass is 10.0. The topological polar surface area (TPSA) is 67.4 Å². The fraction of sp³-hybridized carbons (Fsp3) is 0.263. The number of nitrogens with one attached hydrogen (secondary N) is 2. The highest BCUT2D eigenvalue weighted by Crippen LogP contribution is 2.47. The van der Waals surface area contributed by atoms with Gasteiger partial charge in [0.2, 0.25) is 11.8 Å². The van der Waals surface area contributed by atoms with Crippen LogP contribution in [-0.2, 0) is 16.1 Å². The zero-order valence-electron chi connectivity index (χ0n) is 14.1. The molecule has 1 fully saturated rings. The number of rotatable bonds is 6. The third-order valence-electron chi connectivity index (χ3n) is 4.40. The molecule has 26 heavy (non-hydrogen) atoms. The van der Waals surface area contributed by atoms with E-state index in [4.69, 9.17) is 16.3 Å². The molecule has 0 atom stereocenters. The summed E-state index contributed by atoms with van der Waals surface area (Å²) >= 11 is 6.05. The second-order valence-corrected chi connectivity index (χ2v) is 6.60. The Morgan fingerprint density at radius 1 is 1.15 bits per heavy atom. The molecule has 0 bridgehead atoms. The second-order valence-electron chi connectivity index (χ2n) is 6.19. The van der Waals surface area contributed by atoms with Gasteiger partial charge in [-0.05, 0) is 48.7 Å². The third kappa shape index (κ3) is 3.80. The van der Waals surface area contributed by atoms with Crippen molar-refractivity contribution in [3.05, 3.63) is 58.9 Å². The highest BCUT2D eigenvalue weighted by molar-refractivity contribution is 6.32. The van der Waals surface area contributed by atoms with Crippen LogP contribution in [0.15, 0.2) is 42.5 Å². The number of benzene rings is 2. The van der Waals surface area contributed by atoms with Crippen LogP contribution in [0.5, 0.6) is 5.75 Å². The molecule has 5 nitrogen and oxygen atoms in total. The van der Waals surface area contributed by atoms with Crippen molar-refractivity contribution in [1.82, 2.24) is 5.32 Å². The lowest BCUT2D eigenvalue weighted by Gasteiger charge is -2.16. The van der Waals surface area contributed by atoms with E-state index in [0.717, 1.165) is 5.56 Å². The van der Waals surface area contributed by atoms with Crippen LogP contribution >= 0.6 is 11.6 Å². The van der Waals surface area contributed by atoms with Gasteiger partial charge < -0.3 is 15.4 Å². The summed E-state index contributed by atoms with van der Waals surface area (Å²) in [6, 6.07) is 10.7. The molecule has 136 valence electrons. The molecule has 1 saturated carbocycles. The number of hydrogen-bond acceptors (Lipinski definition) is 3. The first-order valence-electron chi connectivity index (χ1n) is 8.12. The Morgan fingerprint density at radius 3 is 2.42 bits per heavy atom. The van der Waals surface area contributed by atoms with E-state index < -0.39 is 5.41 Å². The number of anilines is 1. The number of ether oxygens (including phenoxy) is 1. The Hall–Kier alpha value is -2.60. The normalized spacial score (nSPS) is 14.4. The molecule has 7 heteroatoms. The minimum atomic E-state index is -1.06. The van der Waals surface area contributed by atoms with Crippen LogP contribution in [0, 0.1) is 11.2 Å². The van der Waals surface area contributed by atoms with Crippen LogP contribution in [0.2, 0.25) is 5.02 Å². The van der Waals surface area contributed by atoms with Crippen molar-refractivity contribution in [2.75, 3.05) is 12.4 Å². The number of hydrogen-bond donors (Lipinski definition) is 2. The summed E-state index contributed by atoms with van der Waals surface area (Å²) in [5, 5.41) is 5.85. The van der Waals surface area contributed by atoms with Gasteiger partial charge in [0, 0.05) is 12.2 Å². The standard InChI is InChI=1S/C19H18ClFN2O3/c1-26-16-7-6-14(10-15(16)20)23-18(25)19(8-9-19)17(24)22-11-12-2-4-13(21)5-3-12/h2-7,10H,8-9,11H2,1H3,(H,22,24)(H,23,25). The monoisotopic (exact) mass is 376 g/mol. The summed E-state index contributed by atoms with van der Waals surface area (Å²) < 4.78 is 18.0. The summed E-state index contributed by atoms with van der Waals surface area (Å²) in [6.07, 6.45) is 0.968. The summed E-state index contributed by atoms with van der Waals surface area (Å²) in [6.45, 7) is 0.239. The van der Waals surface area contributed by atoms with Crippen LogP contribution in [0.25, 0.3) is 0 Å².